The third-order valence-electron chi connectivity index (χ3n) is 3.25. The third-order valence-corrected chi connectivity index (χ3v) is 3.25. The van der Waals surface area contributed by atoms with Gasteiger partial charge in [-0.3, -0.25) is 0 Å². The lowest BCUT2D eigenvalue weighted by Crippen LogP contribution is -1.97. The van der Waals surface area contributed by atoms with E-state index < -0.39 is 0 Å². The minimum absolute atomic E-state index is 1.07. The molecule has 0 atom stereocenters. The van der Waals surface area contributed by atoms with Gasteiger partial charge in [0.15, 0.2) is 0 Å². The molecule has 0 spiro atoms. The van der Waals surface area contributed by atoms with Gasteiger partial charge in [-0.2, -0.15) is 5.10 Å². The van der Waals surface area contributed by atoms with Crippen molar-refractivity contribution < 1.29 is 0 Å². The highest BCUT2D eigenvalue weighted by Gasteiger charge is 2.07. The number of hydrogen-bond donors (Lipinski definition) is 0. The first-order chi connectivity index (χ1) is 8.29. The Hall–Kier alpha value is -1.77. The van der Waals surface area contributed by atoms with Crippen molar-refractivity contribution in [3.8, 4) is 0 Å². The van der Waals surface area contributed by atoms with Gasteiger partial charge >= 0.3 is 0 Å². The topological polar surface area (TPSA) is 21.7 Å². The van der Waals surface area contributed by atoms with Crippen LogP contribution in [0.25, 0.3) is 11.0 Å². The molecule has 0 aliphatic carbocycles. The van der Waals surface area contributed by atoms with Gasteiger partial charge in [-0.1, -0.05) is 13.3 Å². The molecule has 3 rings (SSSR count). The monoisotopic (exact) mass is 227 g/mol. The Bertz CT molecular complexity index is 661. The third kappa shape index (κ3) is 1.62. The van der Waals surface area contributed by atoms with Gasteiger partial charge in [0.25, 0.3) is 0 Å². The molecule has 3 aromatic heterocycles. The van der Waals surface area contributed by atoms with E-state index in [9.17, 15) is 0 Å². The molecule has 3 heterocycles. The van der Waals surface area contributed by atoms with Crippen LogP contribution in [-0.4, -0.2) is 14.0 Å². The normalized spacial score (nSPS) is 11.6. The van der Waals surface area contributed by atoms with Crippen LogP contribution in [0.1, 0.15) is 31.2 Å². The Morgan fingerprint density at radius 3 is 3.00 bits per heavy atom. The molecule has 88 valence electrons. The summed E-state index contributed by atoms with van der Waals surface area (Å²) in [5.41, 5.74) is 4.81. The van der Waals surface area contributed by atoms with Crippen LogP contribution in [-0.2, 0) is 6.42 Å². The second kappa shape index (κ2) is 3.91. The first-order valence-electron chi connectivity index (χ1n) is 6.24. The number of fused-ring (bicyclic) bond motifs is 3. The largest absolute Gasteiger partial charge is 0.320 e. The predicted molar refractivity (Wildman–Crippen MR) is 69.5 cm³/mol. The molecule has 0 amide bonds. The fraction of sp³-hybridized carbons (Fsp3) is 0.357. The fourth-order valence-corrected chi connectivity index (χ4v) is 2.34. The van der Waals surface area contributed by atoms with E-state index in [-0.39, 0.29) is 0 Å². The highest BCUT2D eigenvalue weighted by atomic mass is 15.2. The van der Waals surface area contributed by atoms with Crippen LogP contribution < -0.4 is 0 Å². The zero-order chi connectivity index (χ0) is 11.8. The van der Waals surface area contributed by atoms with Crippen LogP contribution in [0.5, 0.6) is 0 Å². The average Bonchev–Trinajstić information content (AvgIpc) is 2.91. The lowest BCUT2D eigenvalue weighted by molar-refractivity contribution is 0.756. The van der Waals surface area contributed by atoms with Crippen LogP contribution in [0, 0.1) is 6.92 Å². The summed E-state index contributed by atoms with van der Waals surface area (Å²) in [5.74, 6) is 0. The van der Waals surface area contributed by atoms with Crippen LogP contribution in [0.2, 0.25) is 0 Å². The van der Waals surface area contributed by atoms with Crippen molar-refractivity contribution >= 4 is 11.0 Å². The summed E-state index contributed by atoms with van der Waals surface area (Å²) in [4.78, 5) is 0. The molecule has 0 fully saturated rings. The summed E-state index contributed by atoms with van der Waals surface area (Å²) in [5, 5.41) is 4.68. The SMILES string of the molecule is CCCCc1cc2c3cccn3cc(C)n2n1. The Morgan fingerprint density at radius 2 is 2.18 bits per heavy atom. The number of hydrogen-bond acceptors (Lipinski definition) is 1. The molecule has 0 saturated carbocycles. The molecular formula is C14H17N3. The van der Waals surface area contributed by atoms with Gasteiger partial charge < -0.3 is 4.40 Å². The molecule has 0 aromatic carbocycles. The Morgan fingerprint density at radius 1 is 1.29 bits per heavy atom. The molecule has 3 nitrogen and oxygen atoms in total. The van der Waals surface area contributed by atoms with Crippen LogP contribution in [0.4, 0.5) is 0 Å². The van der Waals surface area contributed by atoms with Crippen molar-refractivity contribution in [2.75, 3.05) is 0 Å². The maximum atomic E-state index is 4.68. The van der Waals surface area contributed by atoms with Gasteiger partial charge in [-0.25, -0.2) is 4.52 Å². The highest BCUT2D eigenvalue weighted by molar-refractivity contribution is 5.76. The minimum atomic E-state index is 1.07. The maximum absolute atomic E-state index is 4.68. The quantitative estimate of drug-likeness (QED) is 0.673. The van der Waals surface area contributed by atoms with Crippen molar-refractivity contribution in [3.05, 3.63) is 42.0 Å². The number of aromatic nitrogens is 3. The molecule has 3 heteroatoms. The molecule has 0 aliphatic rings. The summed E-state index contributed by atoms with van der Waals surface area (Å²) in [6, 6.07) is 6.44. The molecule has 0 saturated heterocycles. The van der Waals surface area contributed by atoms with Gasteiger partial charge in [-0.05, 0) is 38.0 Å². The fourth-order valence-electron chi connectivity index (χ4n) is 2.34. The molecule has 17 heavy (non-hydrogen) atoms. The number of unbranched alkanes of at least 4 members (excludes halogenated alkanes) is 1. The van der Waals surface area contributed by atoms with E-state index >= 15 is 0 Å². The smallest absolute Gasteiger partial charge is 0.0908 e. The summed E-state index contributed by atoms with van der Waals surface area (Å²) in [6.07, 6.45) is 7.71. The predicted octanol–water partition coefficient (Wildman–Crippen LogP) is 3.24. The van der Waals surface area contributed by atoms with Crippen molar-refractivity contribution in [1.82, 2.24) is 14.0 Å². The molecule has 0 aliphatic heterocycles. The lowest BCUT2D eigenvalue weighted by Gasteiger charge is -2.02. The molecule has 0 unspecified atom stereocenters. The Labute approximate surface area is 101 Å². The standard InChI is InChI=1S/C14H17N3/c1-3-4-6-12-9-14-13-7-5-8-16(13)10-11(2)17(14)15-12/h5,7-10H,3-4,6H2,1-2H3. The van der Waals surface area contributed by atoms with Crippen LogP contribution in [0.15, 0.2) is 30.6 Å². The summed E-state index contributed by atoms with van der Waals surface area (Å²) < 4.78 is 4.22. The number of rotatable bonds is 3. The van der Waals surface area contributed by atoms with E-state index in [2.05, 4.69) is 58.5 Å². The minimum Gasteiger partial charge on any atom is -0.320 e. The van der Waals surface area contributed by atoms with Gasteiger partial charge in [0, 0.05) is 12.4 Å². The zero-order valence-corrected chi connectivity index (χ0v) is 10.3. The molecular weight excluding hydrogens is 210 g/mol. The first-order valence-corrected chi connectivity index (χ1v) is 6.24. The van der Waals surface area contributed by atoms with Crippen LogP contribution >= 0.6 is 0 Å². The summed E-state index contributed by atoms with van der Waals surface area (Å²) in [7, 11) is 0. The van der Waals surface area contributed by atoms with Crippen molar-refractivity contribution in [2.24, 2.45) is 0 Å². The Kier molecular flexibility index (Phi) is 2.39. The average molecular weight is 227 g/mol. The first kappa shape index (κ1) is 10.4. The van der Waals surface area contributed by atoms with E-state index in [1.807, 2.05) is 0 Å². The number of aryl methyl sites for hydroxylation is 2. The highest BCUT2D eigenvalue weighted by Crippen LogP contribution is 2.18. The van der Waals surface area contributed by atoms with E-state index in [1.165, 1.54) is 35.3 Å². The van der Waals surface area contributed by atoms with E-state index in [0.29, 0.717) is 0 Å². The van der Waals surface area contributed by atoms with Crippen molar-refractivity contribution in [3.63, 3.8) is 0 Å². The van der Waals surface area contributed by atoms with Gasteiger partial charge in [0.2, 0.25) is 0 Å². The second-order valence-electron chi connectivity index (χ2n) is 4.61. The zero-order valence-electron chi connectivity index (χ0n) is 10.3. The van der Waals surface area contributed by atoms with Crippen molar-refractivity contribution in [2.45, 2.75) is 33.1 Å². The maximum Gasteiger partial charge on any atom is 0.0908 e. The lowest BCUT2D eigenvalue weighted by atomic mass is 10.2. The van der Waals surface area contributed by atoms with Gasteiger partial charge in [-0.15, -0.1) is 0 Å². The number of nitrogens with zero attached hydrogens (tertiary/aromatic N) is 3. The Balaban J connectivity index is 2.22. The van der Waals surface area contributed by atoms with Crippen molar-refractivity contribution in [1.29, 1.82) is 0 Å². The summed E-state index contributed by atoms with van der Waals surface area (Å²) >= 11 is 0. The molecule has 0 radical (unpaired) electrons. The summed E-state index contributed by atoms with van der Waals surface area (Å²) in [6.45, 7) is 4.31. The molecule has 0 N–H and O–H groups in total. The van der Waals surface area contributed by atoms with Crippen LogP contribution in [0.3, 0.4) is 0 Å². The van der Waals surface area contributed by atoms with Gasteiger partial charge in [0.05, 0.1) is 22.4 Å². The molecule has 3 aromatic rings. The van der Waals surface area contributed by atoms with E-state index in [1.54, 1.807) is 0 Å². The van der Waals surface area contributed by atoms with Gasteiger partial charge in [0.1, 0.15) is 0 Å². The molecule has 0 bridgehead atoms. The van der Waals surface area contributed by atoms with E-state index in [0.717, 1.165) is 6.42 Å². The second-order valence-corrected chi connectivity index (χ2v) is 4.61. The van der Waals surface area contributed by atoms with E-state index in [4.69, 9.17) is 0 Å².